The van der Waals surface area contributed by atoms with Gasteiger partial charge in [-0.05, 0) is 24.3 Å². The molecule has 96 valence electrons. The van der Waals surface area contributed by atoms with Crippen LogP contribution in [0.2, 0.25) is 5.02 Å². The van der Waals surface area contributed by atoms with Crippen molar-refractivity contribution in [1.82, 2.24) is 19.7 Å². The molecule has 0 aliphatic heterocycles. The number of fused-ring (bicyclic) bond motifs is 2. The Morgan fingerprint density at radius 3 is 2.30 bits per heavy atom. The fourth-order valence-corrected chi connectivity index (χ4v) is 2.43. The molecular formula is C15H9ClN4. The molecule has 0 N–H and O–H groups in total. The largest absolute Gasteiger partial charge is 0.241 e. The van der Waals surface area contributed by atoms with Crippen molar-refractivity contribution in [2.75, 3.05) is 0 Å². The highest BCUT2D eigenvalue weighted by molar-refractivity contribution is 6.32. The maximum absolute atomic E-state index is 6.23. The summed E-state index contributed by atoms with van der Waals surface area (Å²) in [6.07, 6.45) is 1.71. The van der Waals surface area contributed by atoms with Gasteiger partial charge in [0.05, 0.1) is 27.9 Å². The standard InChI is InChI=1S/C15H9ClN4/c16-10-5-1-4-8-14(10)20-15-13(9-17-20)18-11-6-2-3-7-12(11)19-15/h1-9H. The molecule has 0 amide bonds. The number of nitrogens with zero attached hydrogens (tertiary/aromatic N) is 4. The topological polar surface area (TPSA) is 43.6 Å². The lowest BCUT2D eigenvalue weighted by Crippen LogP contribution is -1.98. The molecule has 4 aromatic rings. The van der Waals surface area contributed by atoms with Gasteiger partial charge in [-0.3, -0.25) is 0 Å². The van der Waals surface area contributed by atoms with Crippen LogP contribution in [0.4, 0.5) is 0 Å². The van der Waals surface area contributed by atoms with Crippen molar-refractivity contribution in [1.29, 1.82) is 0 Å². The number of benzene rings is 2. The van der Waals surface area contributed by atoms with Gasteiger partial charge in [-0.1, -0.05) is 35.9 Å². The molecule has 0 fully saturated rings. The van der Waals surface area contributed by atoms with Gasteiger partial charge in [0, 0.05) is 0 Å². The van der Waals surface area contributed by atoms with Gasteiger partial charge in [-0.15, -0.1) is 0 Å². The summed E-state index contributed by atoms with van der Waals surface area (Å²) >= 11 is 6.23. The Kier molecular flexibility index (Phi) is 2.44. The molecule has 0 spiro atoms. The summed E-state index contributed by atoms with van der Waals surface area (Å²) in [7, 11) is 0. The Morgan fingerprint density at radius 2 is 1.50 bits per heavy atom. The molecule has 0 radical (unpaired) electrons. The third kappa shape index (κ3) is 1.66. The van der Waals surface area contributed by atoms with E-state index >= 15 is 0 Å². The minimum atomic E-state index is 0.632. The number of para-hydroxylation sites is 3. The quantitative estimate of drug-likeness (QED) is 0.535. The van der Waals surface area contributed by atoms with Crippen LogP contribution in [0.25, 0.3) is 27.9 Å². The van der Waals surface area contributed by atoms with Crippen molar-refractivity contribution < 1.29 is 0 Å². The summed E-state index contributed by atoms with van der Waals surface area (Å²) in [6.45, 7) is 0. The molecule has 2 aromatic heterocycles. The Balaban J connectivity index is 2.06. The van der Waals surface area contributed by atoms with E-state index in [1.54, 1.807) is 10.9 Å². The van der Waals surface area contributed by atoms with E-state index in [9.17, 15) is 0 Å². The van der Waals surface area contributed by atoms with Crippen molar-refractivity contribution in [2.24, 2.45) is 0 Å². The molecule has 20 heavy (non-hydrogen) atoms. The molecule has 4 nitrogen and oxygen atoms in total. The molecule has 4 rings (SSSR count). The number of halogens is 1. The summed E-state index contributed by atoms with van der Waals surface area (Å²) in [5, 5.41) is 4.99. The molecule has 5 heteroatoms. The average molecular weight is 281 g/mol. The minimum Gasteiger partial charge on any atom is -0.241 e. The zero-order valence-electron chi connectivity index (χ0n) is 10.4. The van der Waals surface area contributed by atoms with E-state index in [4.69, 9.17) is 11.6 Å². The van der Waals surface area contributed by atoms with Crippen molar-refractivity contribution in [3.8, 4) is 5.69 Å². The van der Waals surface area contributed by atoms with Crippen molar-refractivity contribution in [3.05, 3.63) is 59.8 Å². The summed E-state index contributed by atoms with van der Waals surface area (Å²) in [6, 6.07) is 15.3. The van der Waals surface area contributed by atoms with Crippen molar-refractivity contribution in [2.45, 2.75) is 0 Å². The average Bonchev–Trinajstić information content (AvgIpc) is 2.88. The van der Waals surface area contributed by atoms with Gasteiger partial charge >= 0.3 is 0 Å². The first-order chi connectivity index (χ1) is 9.83. The van der Waals surface area contributed by atoms with Crippen LogP contribution in [0.15, 0.2) is 54.7 Å². The van der Waals surface area contributed by atoms with E-state index in [1.807, 2.05) is 48.5 Å². The molecule has 0 aliphatic carbocycles. The van der Waals surface area contributed by atoms with Crippen LogP contribution in [0.1, 0.15) is 0 Å². The molecule has 2 heterocycles. The second-order valence-corrected chi connectivity index (χ2v) is 4.84. The Morgan fingerprint density at radius 1 is 0.800 bits per heavy atom. The fraction of sp³-hybridized carbons (Fsp3) is 0. The number of aromatic nitrogens is 4. The lowest BCUT2D eigenvalue weighted by molar-refractivity contribution is 0.899. The fourth-order valence-electron chi connectivity index (χ4n) is 2.21. The first-order valence-corrected chi connectivity index (χ1v) is 6.56. The molecular weight excluding hydrogens is 272 g/mol. The van der Waals surface area contributed by atoms with E-state index in [0.29, 0.717) is 10.7 Å². The van der Waals surface area contributed by atoms with Crippen LogP contribution in [0, 0.1) is 0 Å². The Labute approximate surface area is 119 Å². The highest BCUT2D eigenvalue weighted by atomic mass is 35.5. The van der Waals surface area contributed by atoms with E-state index in [1.165, 1.54) is 0 Å². The van der Waals surface area contributed by atoms with Gasteiger partial charge in [-0.2, -0.15) is 5.10 Å². The van der Waals surface area contributed by atoms with Gasteiger partial charge in [0.2, 0.25) is 0 Å². The number of hydrogen-bond donors (Lipinski definition) is 0. The minimum absolute atomic E-state index is 0.632. The van der Waals surface area contributed by atoms with E-state index in [-0.39, 0.29) is 0 Å². The Hall–Kier alpha value is -2.46. The second kappa shape index (κ2) is 4.28. The zero-order valence-corrected chi connectivity index (χ0v) is 11.1. The molecule has 0 aliphatic rings. The predicted molar refractivity (Wildman–Crippen MR) is 79.2 cm³/mol. The summed E-state index contributed by atoms with van der Waals surface area (Å²) in [4.78, 5) is 9.20. The zero-order chi connectivity index (χ0) is 13.5. The molecule has 0 bridgehead atoms. The predicted octanol–water partition coefficient (Wildman–Crippen LogP) is 3.62. The van der Waals surface area contributed by atoms with Crippen molar-refractivity contribution >= 4 is 33.8 Å². The van der Waals surface area contributed by atoms with Gasteiger partial charge in [0.1, 0.15) is 5.52 Å². The van der Waals surface area contributed by atoms with Crippen LogP contribution >= 0.6 is 11.6 Å². The van der Waals surface area contributed by atoms with Gasteiger partial charge in [-0.25, -0.2) is 14.6 Å². The molecule has 0 atom stereocenters. The monoisotopic (exact) mass is 280 g/mol. The molecule has 0 saturated heterocycles. The lowest BCUT2D eigenvalue weighted by Gasteiger charge is -2.05. The van der Waals surface area contributed by atoms with E-state index < -0.39 is 0 Å². The first kappa shape index (κ1) is 11.4. The van der Waals surface area contributed by atoms with Crippen LogP contribution in [0.3, 0.4) is 0 Å². The summed E-state index contributed by atoms with van der Waals surface area (Å²) in [5.74, 6) is 0. The number of hydrogen-bond acceptors (Lipinski definition) is 3. The second-order valence-electron chi connectivity index (χ2n) is 4.43. The summed E-state index contributed by atoms with van der Waals surface area (Å²) in [5.41, 5.74) is 3.96. The van der Waals surface area contributed by atoms with Gasteiger partial charge in [0.15, 0.2) is 5.65 Å². The van der Waals surface area contributed by atoms with Gasteiger partial charge < -0.3 is 0 Å². The smallest absolute Gasteiger partial charge is 0.182 e. The molecule has 0 unspecified atom stereocenters. The van der Waals surface area contributed by atoms with Crippen molar-refractivity contribution in [3.63, 3.8) is 0 Å². The van der Waals surface area contributed by atoms with Crippen LogP contribution < -0.4 is 0 Å². The third-order valence-electron chi connectivity index (χ3n) is 3.15. The van der Waals surface area contributed by atoms with E-state index in [0.717, 1.165) is 22.2 Å². The van der Waals surface area contributed by atoms with Crippen LogP contribution in [0.5, 0.6) is 0 Å². The summed E-state index contributed by atoms with van der Waals surface area (Å²) < 4.78 is 1.72. The normalized spacial score (nSPS) is 11.2. The Bertz CT molecular complexity index is 929. The van der Waals surface area contributed by atoms with Crippen LogP contribution in [-0.4, -0.2) is 19.7 Å². The van der Waals surface area contributed by atoms with Gasteiger partial charge in [0.25, 0.3) is 0 Å². The highest BCUT2D eigenvalue weighted by Gasteiger charge is 2.11. The SMILES string of the molecule is Clc1ccccc1-n1ncc2nc3ccccc3nc21. The number of rotatable bonds is 1. The molecule has 0 saturated carbocycles. The first-order valence-electron chi connectivity index (χ1n) is 6.18. The van der Waals surface area contributed by atoms with Crippen LogP contribution in [-0.2, 0) is 0 Å². The lowest BCUT2D eigenvalue weighted by atomic mass is 10.3. The maximum Gasteiger partial charge on any atom is 0.182 e. The maximum atomic E-state index is 6.23. The highest BCUT2D eigenvalue weighted by Crippen LogP contribution is 2.23. The molecule has 2 aromatic carbocycles. The van der Waals surface area contributed by atoms with E-state index in [2.05, 4.69) is 15.1 Å². The third-order valence-corrected chi connectivity index (χ3v) is 3.47.